The minimum absolute atomic E-state index is 0.0137. The highest BCUT2D eigenvalue weighted by atomic mass is 16.5. The second-order valence-corrected chi connectivity index (χ2v) is 29.0. The topological polar surface area (TPSA) is 204 Å². The lowest BCUT2D eigenvalue weighted by molar-refractivity contribution is -0.139. The van der Waals surface area contributed by atoms with Gasteiger partial charge in [-0.1, -0.05) is 143 Å². The van der Waals surface area contributed by atoms with Gasteiger partial charge in [0.2, 0.25) is 23.6 Å². The fourth-order valence-corrected chi connectivity index (χ4v) is 16.3. The predicted octanol–water partition coefficient (Wildman–Crippen LogP) is 11.6. The molecule has 17 heteroatoms. The molecule has 6 rings (SSSR count). The van der Waals surface area contributed by atoms with E-state index in [1.807, 2.05) is 27.7 Å². The van der Waals surface area contributed by atoms with Crippen molar-refractivity contribution in [2.75, 3.05) is 98.9 Å². The van der Waals surface area contributed by atoms with Crippen LogP contribution in [0.2, 0.25) is 0 Å². The first kappa shape index (κ1) is 77.0. The van der Waals surface area contributed by atoms with Gasteiger partial charge in [-0.25, -0.2) is 0 Å². The molecule has 17 nitrogen and oxygen atoms in total. The van der Waals surface area contributed by atoms with Crippen LogP contribution in [0.25, 0.3) is 0 Å². The van der Waals surface area contributed by atoms with Gasteiger partial charge in [-0.2, -0.15) is 0 Å². The average molecular weight is 1260 g/mol. The number of allylic oxidation sites excluding steroid dienone is 1. The number of nitrogens with one attached hydrogen (secondary N) is 2. The average Bonchev–Trinajstić information content (AvgIpc) is 1.74. The van der Waals surface area contributed by atoms with E-state index < -0.39 is 0 Å². The van der Waals surface area contributed by atoms with E-state index in [2.05, 4.69) is 58.3 Å². The van der Waals surface area contributed by atoms with E-state index in [0.29, 0.717) is 83.9 Å². The Bertz CT molecular complexity index is 2030. The molecule has 4 aliphatic carbocycles. The Hall–Kier alpha value is -2.74. The number of hydrogen-bond donors (Lipinski definition) is 4. The molecule has 3 saturated carbocycles. The number of likely N-dealkylation sites (tertiary alicyclic amines) is 2. The normalized spacial score (nSPS) is 27.7. The second-order valence-electron chi connectivity index (χ2n) is 29.0. The highest BCUT2D eigenvalue weighted by Gasteiger charge is 2.59. The van der Waals surface area contributed by atoms with Crippen LogP contribution in [-0.4, -0.2) is 185 Å². The maximum Gasteiger partial charge on any atom is 0.248 e. The number of ether oxygens (including phenoxy) is 7. The molecule has 4 amide bonds. The fraction of sp³-hybridized carbons (Fsp3) is 0.917. The van der Waals surface area contributed by atoms with E-state index in [4.69, 9.17) is 33.2 Å². The summed E-state index contributed by atoms with van der Waals surface area (Å²) in [4.78, 5) is 52.9. The van der Waals surface area contributed by atoms with Crippen LogP contribution in [0.3, 0.4) is 0 Å². The van der Waals surface area contributed by atoms with Crippen LogP contribution in [-0.2, 0) is 52.3 Å². The summed E-state index contributed by atoms with van der Waals surface area (Å²) in [6.45, 7) is 26.4. The van der Waals surface area contributed by atoms with E-state index in [-0.39, 0.29) is 111 Å². The van der Waals surface area contributed by atoms with Crippen LogP contribution in [0.5, 0.6) is 0 Å². The number of hydrogen-bond acceptors (Lipinski definition) is 13. The molecule has 2 saturated heterocycles. The van der Waals surface area contributed by atoms with Crippen LogP contribution in [0.1, 0.15) is 236 Å². The lowest BCUT2D eigenvalue weighted by Gasteiger charge is -2.59. The Morgan fingerprint density at radius 2 is 1.10 bits per heavy atom. The number of carbonyl (C=O) groups excluding carboxylic acids is 4. The number of unbranched alkanes of at least 4 members (excludes halogenated alkanes) is 12. The summed E-state index contributed by atoms with van der Waals surface area (Å²) in [5.41, 5.74) is 2.40. The Morgan fingerprint density at radius 3 is 1.62 bits per heavy atom. The van der Waals surface area contributed by atoms with Crippen LogP contribution in [0.4, 0.5) is 0 Å². The molecule has 5 fully saturated rings. The quantitative estimate of drug-likeness (QED) is 0.0332. The molecule has 2 aliphatic heterocycles. The third-order valence-corrected chi connectivity index (χ3v) is 21.0. The molecule has 1 unspecified atom stereocenters. The first-order chi connectivity index (χ1) is 42.8. The highest BCUT2D eigenvalue weighted by Crippen LogP contribution is 2.68. The number of fused-ring (bicyclic) bond motifs is 5. The molecule has 6 aliphatic rings. The number of nitrogens with zero attached hydrogens (tertiary/aromatic N) is 2. The lowest BCUT2D eigenvalue weighted by Crippen LogP contribution is -2.51. The van der Waals surface area contributed by atoms with Gasteiger partial charge in [-0.15, -0.1) is 0 Å². The Morgan fingerprint density at radius 1 is 0.584 bits per heavy atom. The number of rotatable bonds is 43. The van der Waals surface area contributed by atoms with Gasteiger partial charge in [-0.3, -0.25) is 19.2 Å². The molecular formula is C72H130N4O13. The summed E-state index contributed by atoms with van der Waals surface area (Å²) >= 11 is 0. The minimum Gasteiger partial charge on any atom is -0.394 e. The molecule has 0 spiro atoms. The van der Waals surface area contributed by atoms with Gasteiger partial charge in [0.1, 0.15) is 19.8 Å². The van der Waals surface area contributed by atoms with Crippen molar-refractivity contribution in [2.24, 2.45) is 46.3 Å². The molecule has 89 heavy (non-hydrogen) atoms. The zero-order valence-corrected chi connectivity index (χ0v) is 57.9. The largest absolute Gasteiger partial charge is 0.394 e. The molecule has 4 N–H and O–H groups in total. The van der Waals surface area contributed by atoms with E-state index in [1.165, 1.54) is 128 Å². The van der Waals surface area contributed by atoms with Crippen molar-refractivity contribution in [1.82, 2.24) is 20.4 Å². The van der Waals surface area contributed by atoms with Crippen molar-refractivity contribution in [1.29, 1.82) is 0 Å². The van der Waals surface area contributed by atoms with Gasteiger partial charge >= 0.3 is 0 Å². The molecule has 0 aromatic carbocycles. The molecule has 516 valence electrons. The van der Waals surface area contributed by atoms with Crippen LogP contribution < -0.4 is 10.6 Å². The van der Waals surface area contributed by atoms with Crippen molar-refractivity contribution >= 4 is 23.6 Å². The van der Waals surface area contributed by atoms with E-state index in [1.54, 1.807) is 15.4 Å². The number of aliphatic hydroxyl groups excluding tert-OH is 2. The number of carbonyl (C=O) groups is 4. The SMILES string of the molecule is CC(C)CC[C@H](C)[C@@H]1CC[C@@H]2C3CCC4=C[C@H](OCC(=O)NCCOCCOCC(=O)N5C[C@H](OC(C)C)C[C@H]5CO)CC[C@@]4(C)[C@@H]3CC[C@@]21C.CCCCCCCCCCCCCCCC(=O)NCCOCCOCC(=O)N1C[C@H](OC(C)C)C[C@H]1CO. The second kappa shape index (κ2) is 41.9. The number of amides is 4. The summed E-state index contributed by atoms with van der Waals surface area (Å²) in [6.07, 6.45) is 34.3. The first-order valence-electron chi connectivity index (χ1n) is 36.1. The molecule has 0 aromatic heterocycles. The number of aliphatic hydroxyl groups is 2. The lowest BCUT2D eigenvalue weighted by atomic mass is 9.46. The van der Waals surface area contributed by atoms with Crippen molar-refractivity contribution in [3.8, 4) is 0 Å². The zero-order chi connectivity index (χ0) is 64.6. The molecule has 0 radical (unpaired) electrons. The molecule has 0 aromatic rings. The molecule has 0 bridgehead atoms. The Labute approximate surface area is 540 Å². The summed E-state index contributed by atoms with van der Waals surface area (Å²) in [7, 11) is 0. The van der Waals surface area contributed by atoms with Crippen molar-refractivity contribution in [3.63, 3.8) is 0 Å². The van der Waals surface area contributed by atoms with Gasteiger partial charge in [0.15, 0.2) is 0 Å². The van der Waals surface area contributed by atoms with E-state index >= 15 is 0 Å². The summed E-state index contributed by atoms with van der Waals surface area (Å²) in [5.74, 6) is 4.75. The smallest absolute Gasteiger partial charge is 0.248 e. The standard InChI is InChI=1S/C42H72N2O7.C30H58N2O6/c1-28(2)8-9-30(5)36-12-13-37-35-11-10-31-22-33(14-16-41(31,6)38(35)15-17-42(36,37)7)50-26-39(46)43-18-19-48-20-21-49-27-40(47)44-24-34(51-29(3)4)23-32(44)25-45;1-4-5-6-7-8-9-10-11-12-13-14-15-16-17-29(34)31-18-19-36-20-21-37-25-30(35)32-23-28(38-26(2)3)22-27(32)24-33/h22,28-30,32-38,45H,8-21,23-27H2,1-7H3,(H,43,46);26-28,33H,4-25H2,1-3H3,(H,31,34)/t30-,32-,33+,34+,35?,36-,37+,38+,41+,42+;27-,28+/m00/s1. The third kappa shape index (κ3) is 26.2. The Kier molecular flexibility index (Phi) is 36.2. The van der Waals surface area contributed by atoms with Gasteiger partial charge in [-0.05, 0) is 145 Å². The van der Waals surface area contributed by atoms with Gasteiger partial charge in [0, 0.05) is 32.6 Å². The van der Waals surface area contributed by atoms with Crippen molar-refractivity contribution in [2.45, 2.75) is 279 Å². The van der Waals surface area contributed by atoms with Crippen LogP contribution >= 0.6 is 0 Å². The van der Waals surface area contributed by atoms with Crippen molar-refractivity contribution < 1.29 is 62.5 Å². The van der Waals surface area contributed by atoms with Crippen LogP contribution in [0, 0.1) is 46.3 Å². The summed E-state index contributed by atoms with van der Waals surface area (Å²) in [6, 6.07) is -0.444. The molecule has 2 heterocycles. The fourth-order valence-electron chi connectivity index (χ4n) is 16.3. The van der Waals surface area contributed by atoms with Crippen molar-refractivity contribution in [3.05, 3.63) is 11.6 Å². The maximum absolute atomic E-state index is 12.6. The highest BCUT2D eigenvalue weighted by molar-refractivity contribution is 5.79. The zero-order valence-electron chi connectivity index (χ0n) is 57.9. The van der Waals surface area contributed by atoms with Gasteiger partial charge in [0.25, 0.3) is 0 Å². The van der Waals surface area contributed by atoms with E-state index in [0.717, 1.165) is 54.8 Å². The van der Waals surface area contributed by atoms with Crippen LogP contribution in [0.15, 0.2) is 11.6 Å². The summed E-state index contributed by atoms with van der Waals surface area (Å²) < 4.78 is 39.8. The summed E-state index contributed by atoms with van der Waals surface area (Å²) in [5, 5.41) is 25.0. The van der Waals surface area contributed by atoms with Gasteiger partial charge < -0.3 is 63.8 Å². The molecular weight excluding hydrogens is 1130 g/mol. The Balaban J connectivity index is 0.000000340. The maximum atomic E-state index is 12.6. The molecule has 12 atom stereocenters. The third-order valence-electron chi connectivity index (χ3n) is 21.0. The van der Waals surface area contributed by atoms with Gasteiger partial charge in [0.05, 0.1) is 95.5 Å². The minimum atomic E-state index is -0.231. The first-order valence-corrected chi connectivity index (χ1v) is 36.1. The van der Waals surface area contributed by atoms with E-state index in [9.17, 15) is 29.4 Å². The monoisotopic (exact) mass is 1260 g/mol. The predicted molar refractivity (Wildman–Crippen MR) is 352 cm³/mol.